The molecule has 0 N–H and O–H groups in total. The van der Waals surface area contributed by atoms with Crippen LogP contribution in [0.25, 0.3) is 21.9 Å². The number of rotatable bonds is 3. The average Bonchev–Trinajstić information content (AvgIpc) is 3.14. The van der Waals surface area contributed by atoms with E-state index in [9.17, 15) is 14.4 Å². The highest BCUT2D eigenvalue weighted by Gasteiger charge is 2.44. The van der Waals surface area contributed by atoms with E-state index in [1.165, 1.54) is 0 Å². The predicted octanol–water partition coefficient (Wildman–Crippen LogP) is 4.56. The predicted molar refractivity (Wildman–Crippen MR) is 137 cm³/mol. The maximum atomic E-state index is 13.3. The Morgan fingerprint density at radius 1 is 0.972 bits per heavy atom. The number of piperidine rings is 3. The summed E-state index contributed by atoms with van der Waals surface area (Å²) in [5.41, 5.74) is 4.32. The minimum absolute atomic E-state index is 0.0899. The molecule has 36 heavy (non-hydrogen) atoms. The standard InChI is InChI=1S/C29H34N2O5/c1-15-18(4)35-27-17(3)28-23(11-22(15)27)16(2)21(29(34)36-28)8-9-25(32)30-12-19-10-20(14-30)24-6-5-7-26(33)31(24)13-19/h11,19-20,24H,5-10,12-14H2,1-4H3. The number of carbonyl (C=O) groups excluding carboxylic acids is 2. The van der Waals surface area contributed by atoms with Gasteiger partial charge >= 0.3 is 5.63 Å². The summed E-state index contributed by atoms with van der Waals surface area (Å²) in [6.07, 6.45) is 4.42. The lowest BCUT2D eigenvalue weighted by Gasteiger charge is -2.52. The number of nitrogens with zero attached hydrogens (tertiary/aromatic N) is 2. The van der Waals surface area contributed by atoms with E-state index in [2.05, 4.69) is 11.0 Å². The molecule has 0 aliphatic carbocycles. The number of likely N-dealkylation sites (tertiary alicyclic amines) is 1. The van der Waals surface area contributed by atoms with Gasteiger partial charge in [0.25, 0.3) is 0 Å². The zero-order valence-corrected chi connectivity index (χ0v) is 21.6. The molecule has 2 aromatic heterocycles. The van der Waals surface area contributed by atoms with Crippen LogP contribution in [0.15, 0.2) is 19.7 Å². The van der Waals surface area contributed by atoms with Crippen LogP contribution >= 0.6 is 0 Å². The maximum Gasteiger partial charge on any atom is 0.339 e. The number of hydrogen-bond acceptors (Lipinski definition) is 5. The molecule has 3 saturated heterocycles. The molecule has 3 aromatic rings. The van der Waals surface area contributed by atoms with Crippen LogP contribution in [-0.2, 0) is 16.0 Å². The van der Waals surface area contributed by atoms with Gasteiger partial charge in [-0.1, -0.05) is 0 Å². The second-order valence-electron chi connectivity index (χ2n) is 11.2. The van der Waals surface area contributed by atoms with Crippen molar-refractivity contribution in [2.75, 3.05) is 19.6 Å². The Morgan fingerprint density at radius 2 is 1.72 bits per heavy atom. The van der Waals surface area contributed by atoms with Gasteiger partial charge in [-0.25, -0.2) is 4.79 Å². The quantitative estimate of drug-likeness (QED) is 0.503. The first-order chi connectivity index (χ1) is 17.2. The summed E-state index contributed by atoms with van der Waals surface area (Å²) in [7, 11) is 0. The Labute approximate surface area is 210 Å². The van der Waals surface area contributed by atoms with Crippen LogP contribution < -0.4 is 5.63 Å². The summed E-state index contributed by atoms with van der Waals surface area (Å²) >= 11 is 0. The van der Waals surface area contributed by atoms with Gasteiger partial charge < -0.3 is 18.6 Å². The van der Waals surface area contributed by atoms with Gasteiger partial charge in [-0.2, -0.15) is 0 Å². The van der Waals surface area contributed by atoms with Crippen molar-refractivity contribution < 1.29 is 18.4 Å². The molecule has 0 saturated carbocycles. The van der Waals surface area contributed by atoms with Gasteiger partial charge in [-0.15, -0.1) is 0 Å². The fourth-order valence-electron chi connectivity index (χ4n) is 6.99. The van der Waals surface area contributed by atoms with Crippen LogP contribution in [0.3, 0.4) is 0 Å². The summed E-state index contributed by atoms with van der Waals surface area (Å²) in [5, 5.41) is 1.94. The fraction of sp³-hybridized carbons (Fsp3) is 0.552. The molecule has 5 heterocycles. The molecular weight excluding hydrogens is 456 g/mol. The third-order valence-corrected chi connectivity index (χ3v) is 9.07. The molecule has 6 rings (SSSR count). The van der Waals surface area contributed by atoms with E-state index >= 15 is 0 Å². The van der Waals surface area contributed by atoms with E-state index in [1.807, 2.05) is 32.6 Å². The fourth-order valence-corrected chi connectivity index (χ4v) is 6.99. The van der Waals surface area contributed by atoms with Crippen LogP contribution in [0.2, 0.25) is 0 Å². The molecule has 3 aliphatic rings. The van der Waals surface area contributed by atoms with Crippen LogP contribution in [0, 0.1) is 39.5 Å². The molecule has 7 heteroatoms. The molecule has 2 amide bonds. The Morgan fingerprint density at radius 3 is 2.53 bits per heavy atom. The molecule has 3 aliphatic heterocycles. The first-order valence-electron chi connectivity index (χ1n) is 13.3. The molecule has 190 valence electrons. The number of furan rings is 1. The van der Waals surface area contributed by atoms with Crippen LogP contribution in [0.1, 0.15) is 60.1 Å². The van der Waals surface area contributed by atoms with Crippen LogP contribution in [0.4, 0.5) is 0 Å². The number of amides is 2. The monoisotopic (exact) mass is 490 g/mol. The van der Waals surface area contributed by atoms with Crippen molar-refractivity contribution in [3.8, 4) is 0 Å². The molecule has 3 unspecified atom stereocenters. The third kappa shape index (κ3) is 3.58. The highest BCUT2D eigenvalue weighted by molar-refractivity contribution is 6.00. The van der Waals surface area contributed by atoms with E-state index in [0.29, 0.717) is 48.9 Å². The number of fused-ring (bicyclic) bond motifs is 6. The highest BCUT2D eigenvalue weighted by atomic mass is 16.4. The minimum Gasteiger partial charge on any atom is -0.461 e. The van der Waals surface area contributed by atoms with Gasteiger partial charge in [0.05, 0.1) is 0 Å². The van der Waals surface area contributed by atoms with Gasteiger partial charge in [0.2, 0.25) is 11.8 Å². The SMILES string of the molecule is Cc1oc2c(C)c3oc(=O)c(CCC(=O)N4CC5CC(C4)C4CCCC(=O)N4C5)c(C)c3cc2c1C. The Hall–Kier alpha value is -3.09. The zero-order chi connectivity index (χ0) is 25.3. The third-order valence-electron chi connectivity index (χ3n) is 9.07. The van der Waals surface area contributed by atoms with Gasteiger partial charge in [-0.3, -0.25) is 9.59 Å². The summed E-state index contributed by atoms with van der Waals surface area (Å²) in [4.78, 5) is 42.8. The molecular formula is C29H34N2O5. The van der Waals surface area contributed by atoms with Crippen molar-refractivity contribution >= 4 is 33.8 Å². The maximum absolute atomic E-state index is 13.3. The number of carbonyl (C=O) groups is 2. The lowest BCUT2D eigenvalue weighted by molar-refractivity contribution is -0.148. The molecule has 0 spiro atoms. The van der Waals surface area contributed by atoms with E-state index in [1.54, 1.807) is 0 Å². The summed E-state index contributed by atoms with van der Waals surface area (Å²) in [6, 6.07) is 2.33. The summed E-state index contributed by atoms with van der Waals surface area (Å²) in [5.74, 6) is 1.96. The van der Waals surface area contributed by atoms with Crippen LogP contribution in [-0.4, -0.2) is 47.3 Å². The first kappa shape index (κ1) is 23.3. The summed E-state index contributed by atoms with van der Waals surface area (Å²) in [6.45, 7) is 10.0. The number of hydrogen-bond donors (Lipinski definition) is 0. The topological polar surface area (TPSA) is 84.0 Å². The molecule has 7 nitrogen and oxygen atoms in total. The highest BCUT2D eigenvalue weighted by Crippen LogP contribution is 2.38. The minimum atomic E-state index is -0.373. The van der Waals surface area contributed by atoms with E-state index in [4.69, 9.17) is 8.83 Å². The second-order valence-corrected chi connectivity index (χ2v) is 11.2. The molecule has 1 aromatic carbocycles. The Balaban J connectivity index is 1.23. The van der Waals surface area contributed by atoms with Crippen molar-refractivity contribution in [3.63, 3.8) is 0 Å². The Bertz CT molecular complexity index is 1460. The van der Waals surface area contributed by atoms with Crippen molar-refractivity contribution in [1.82, 2.24) is 9.80 Å². The lowest BCUT2D eigenvalue weighted by Crippen LogP contribution is -2.61. The van der Waals surface area contributed by atoms with Crippen molar-refractivity contribution in [3.05, 3.63) is 44.5 Å². The molecule has 3 atom stereocenters. The lowest BCUT2D eigenvalue weighted by atomic mass is 9.76. The number of benzene rings is 1. The van der Waals surface area contributed by atoms with Crippen LogP contribution in [0.5, 0.6) is 0 Å². The largest absolute Gasteiger partial charge is 0.461 e. The zero-order valence-electron chi connectivity index (χ0n) is 21.6. The smallest absolute Gasteiger partial charge is 0.339 e. The van der Waals surface area contributed by atoms with Gasteiger partial charge in [0, 0.05) is 60.4 Å². The van der Waals surface area contributed by atoms with E-state index in [-0.39, 0.29) is 29.9 Å². The van der Waals surface area contributed by atoms with Gasteiger partial charge in [0.15, 0.2) is 0 Å². The second kappa shape index (κ2) is 8.49. The van der Waals surface area contributed by atoms with Gasteiger partial charge in [-0.05, 0) is 82.4 Å². The molecule has 0 radical (unpaired) electrons. The summed E-state index contributed by atoms with van der Waals surface area (Å²) < 4.78 is 11.7. The average molecular weight is 491 g/mol. The first-order valence-corrected chi connectivity index (χ1v) is 13.3. The van der Waals surface area contributed by atoms with Crippen molar-refractivity contribution in [2.24, 2.45) is 11.8 Å². The van der Waals surface area contributed by atoms with E-state index in [0.717, 1.165) is 64.6 Å². The number of aryl methyl sites for hydroxylation is 4. The normalized spacial score (nSPS) is 24.0. The van der Waals surface area contributed by atoms with E-state index < -0.39 is 0 Å². The molecule has 2 bridgehead atoms. The molecule has 3 fully saturated rings. The Kier molecular flexibility index (Phi) is 5.50. The van der Waals surface area contributed by atoms with Crippen molar-refractivity contribution in [1.29, 1.82) is 0 Å². The van der Waals surface area contributed by atoms with Gasteiger partial charge in [0.1, 0.15) is 16.9 Å². The van der Waals surface area contributed by atoms with Crippen molar-refractivity contribution in [2.45, 2.75) is 72.3 Å².